The lowest BCUT2D eigenvalue weighted by molar-refractivity contribution is 0.0680. The summed E-state index contributed by atoms with van der Waals surface area (Å²) in [5.41, 5.74) is 2.18. The minimum atomic E-state index is -3.22. The predicted molar refractivity (Wildman–Crippen MR) is 105 cm³/mol. The first kappa shape index (κ1) is 19.4. The maximum absolute atomic E-state index is 13.0. The van der Waals surface area contributed by atoms with E-state index in [1.165, 1.54) is 4.31 Å². The topological polar surface area (TPSA) is 66.9 Å². The lowest BCUT2D eigenvalue weighted by Gasteiger charge is -2.23. The summed E-state index contributed by atoms with van der Waals surface area (Å²) in [6.45, 7) is 1.91. The zero-order chi connectivity index (χ0) is 19.3. The molecule has 0 saturated carbocycles. The lowest BCUT2D eigenvalue weighted by atomic mass is 10.1. The van der Waals surface area contributed by atoms with E-state index in [0.29, 0.717) is 43.9 Å². The van der Waals surface area contributed by atoms with Crippen molar-refractivity contribution in [2.75, 3.05) is 36.9 Å². The van der Waals surface area contributed by atoms with Crippen LogP contribution in [0, 0.1) is 0 Å². The molecule has 7 heteroatoms. The first-order valence-corrected chi connectivity index (χ1v) is 10.5. The Bertz CT molecular complexity index is 867. The molecule has 1 heterocycles. The molecule has 1 saturated heterocycles. The van der Waals surface area contributed by atoms with Gasteiger partial charge in [-0.3, -0.25) is 9.10 Å². The van der Waals surface area contributed by atoms with Crippen LogP contribution in [0.4, 0.5) is 5.69 Å². The van der Waals surface area contributed by atoms with Crippen molar-refractivity contribution in [1.29, 1.82) is 0 Å². The molecule has 0 spiro atoms. The standard InChI is InChI=1S/C20H24N2O4S/c1-26-14-13-21(16-17-6-3-2-4-7-17)20(23)18-8-10-19(11-9-18)22-12-5-15-27(22,24)25/h2-4,6-11H,5,12-16H2,1H3. The van der Waals surface area contributed by atoms with Crippen LogP contribution in [0.15, 0.2) is 54.6 Å². The fourth-order valence-electron chi connectivity index (χ4n) is 3.14. The van der Waals surface area contributed by atoms with Crippen molar-refractivity contribution in [2.45, 2.75) is 13.0 Å². The second-order valence-electron chi connectivity index (χ2n) is 6.49. The monoisotopic (exact) mass is 388 g/mol. The summed E-state index contributed by atoms with van der Waals surface area (Å²) in [6, 6.07) is 16.6. The zero-order valence-electron chi connectivity index (χ0n) is 15.4. The Labute approximate surface area is 160 Å². The number of hydrogen-bond donors (Lipinski definition) is 0. The van der Waals surface area contributed by atoms with Crippen LogP contribution in [0.25, 0.3) is 0 Å². The van der Waals surface area contributed by atoms with Crippen molar-refractivity contribution in [3.63, 3.8) is 0 Å². The van der Waals surface area contributed by atoms with Gasteiger partial charge in [0, 0.05) is 32.3 Å². The quantitative estimate of drug-likeness (QED) is 0.731. The number of ether oxygens (including phenoxy) is 1. The Morgan fingerprint density at radius 3 is 2.41 bits per heavy atom. The number of benzene rings is 2. The smallest absolute Gasteiger partial charge is 0.254 e. The highest BCUT2D eigenvalue weighted by atomic mass is 32.2. The Balaban J connectivity index is 1.77. The van der Waals surface area contributed by atoms with Gasteiger partial charge in [0.1, 0.15) is 0 Å². The van der Waals surface area contributed by atoms with E-state index in [-0.39, 0.29) is 11.7 Å². The highest BCUT2D eigenvalue weighted by Crippen LogP contribution is 2.24. The van der Waals surface area contributed by atoms with Crippen LogP contribution in [0.5, 0.6) is 0 Å². The van der Waals surface area contributed by atoms with E-state index in [0.717, 1.165) is 5.56 Å². The summed E-state index contributed by atoms with van der Waals surface area (Å²) in [5, 5.41) is 0. The normalized spacial score (nSPS) is 15.7. The summed E-state index contributed by atoms with van der Waals surface area (Å²) in [5.74, 6) is 0.0713. The second kappa shape index (κ2) is 8.54. The molecule has 0 radical (unpaired) electrons. The highest BCUT2D eigenvalue weighted by molar-refractivity contribution is 7.93. The van der Waals surface area contributed by atoms with Gasteiger partial charge in [-0.1, -0.05) is 30.3 Å². The summed E-state index contributed by atoms with van der Waals surface area (Å²) in [7, 11) is -1.61. The summed E-state index contributed by atoms with van der Waals surface area (Å²) >= 11 is 0. The molecule has 144 valence electrons. The number of anilines is 1. The molecule has 0 bridgehead atoms. The number of rotatable bonds is 7. The number of nitrogens with zero attached hydrogens (tertiary/aromatic N) is 2. The van der Waals surface area contributed by atoms with Gasteiger partial charge in [0.25, 0.3) is 5.91 Å². The SMILES string of the molecule is COCCN(Cc1ccccc1)C(=O)c1ccc(N2CCCS2(=O)=O)cc1. The average Bonchev–Trinajstić information content (AvgIpc) is 3.04. The minimum absolute atomic E-state index is 0.105. The first-order chi connectivity index (χ1) is 13.0. The molecule has 0 atom stereocenters. The third kappa shape index (κ3) is 4.67. The van der Waals surface area contributed by atoms with Crippen molar-refractivity contribution in [3.05, 3.63) is 65.7 Å². The van der Waals surface area contributed by atoms with Crippen molar-refractivity contribution in [2.24, 2.45) is 0 Å². The van der Waals surface area contributed by atoms with Gasteiger partial charge in [-0.15, -0.1) is 0 Å². The molecule has 27 heavy (non-hydrogen) atoms. The van der Waals surface area contributed by atoms with Crippen LogP contribution >= 0.6 is 0 Å². The van der Waals surface area contributed by atoms with Gasteiger partial charge in [-0.2, -0.15) is 0 Å². The number of sulfonamides is 1. The Kier molecular flexibility index (Phi) is 6.13. The van der Waals surface area contributed by atoms with E-state index >= 15 is 0 Å². The van der Waals surface area contributed by atoms with Crippen molar-refractivity contribution in [1.82, 2.24) is 4.90 Å². The fraction of sp³-hybridized carbons (Fsp3) is 0.350. The molecule has 1 aliphatic heterocycles. The van der Waals surface area contributed by atoms with E-state index in [9.17, 15) is 13.2 Å². The van der Waals surface area contributed by atoms with E-state index in [1.54, 1.807) is 36.3 Å². The van der Waals surface area contributed by atoms with Crippen LogP contribution in [0.2, 0.25) is 0 Å². The molecule has 1 fully saturated rings. The average molecular weight is 388 g/mol. The van der Waals surface area contributed by atoms with Crippen molar-refractivity contribution >= 4 is 21.6 Å². The molecule has 2 aromatic carbocycles. The number of hydrogen-bond acceptors (Lipinski definition) is 4. The van der Waals surface area contributed by atoms with Crippen molar-refractivity contribution < 1.29 is 17.9 Å². The Morgan fingerprint density at radius 1 is 1.11 bits per heavy atom. The number of carbonyl (C=O) groups is 1. The summed E-state index contributed by atoms with van der Waals surface area (Å²) in [4.78, 5) is 14.7. The molecule has 1 amide bonds. The first-order valence-electron chi connectivity index (χ1n) is 8.94. The van der Waals surface area contributed by atoms with Gasteiger partial charge < -0.3 is 9.64 Å². The van der Waals surface area contributed by atoms with Crippen LogP contribution < -0.4 is 4.31 Å². The van der Waals surface area contributed by atoms with Crippen LogP contribution in [0.1, 0.15) is 22.3 Å². The van der Waals surface area contributed by atoms with Crippen LogP contribution in [0.3, 0.4) is 0 Å². The van der Waals surface area contributed by atoms with Gasteiger partial charge in [0.05, 0.1) is 18.0 Å². The van der Waals surface area contributed by atoms with Crippen molar-refractivity contribution in [3.8, 4) is 0 Å². The molecule has 0 N–H and O–H groups in total. The molecular formula is C20H24N2O4S. The number of carbonyl (C=O) groups excluding carboxylic acids is 1. The van der Waals surface area contributed by atoms with E-state index in [1.807, 2.05) is 30.3 Å². The molecule has 2 aromatic rings. The van der Waals surface area contributed by atoms with E-state index in [2.05, 4.69) is 0 Å². The minimum Gasteiger partial charge on any atom is -0.383 e. The van der Waals surface area contributed by atoms with Gasteiger partial charge in [0.2, 0.25) is 10.0 Å². The lowest BCUT2D eigenvalue weighted by Crippen LogP contribution is -2.33. The molecular weight excluding hydrogens is 364 g/mol. The molecule has 0 aromatic heterocycles. The van der Waals surface area contributed by atoms with Gasteiger partial charge in [-0.25, -0.2) is 8.42 Å². The maximum atomic E-state index is 13.0. The highest BCUT2D eigenvalue weighted by Gasteiger charge is 2.28. The summed E-state index contributed by atoms with van der Waals surface area (Å²) < 4.78 is 30.6. The number of amides is 1. The van der Waals surface area contributed by atoms with Gasteiger partial charge in [0.15, 0.2) is 0 Å². The molecule has 0 unspecified atom stereocenters. The largest absolute Gasteiger partial charge is 0.383 e. The molecule has 1 aliphatic rings. The number of methoxy groups -OCH3 is 1. The third-order valence-electron chi connectivity index (χ3n) is 4.57. The zero-order valence-corrected chi connectivity index (χ0v) is 16.2. The van der Waals surface area contributed by atoms with Crippen LogP contribution in [-0.2, 0) is 21.3 Å². The van der Waals surface area contributed by atoms with E-state index < -0.39 is 10.0 Å². The molecule has 6 nitrogen and oxygen atoms in total. The summed E-state index contributed by atoms with van der Waals surface area (Å²) in [6.07, 6.45) is 0.630. The Hall–Kier alpha value is -2.38. The molecule has 0 aliphatic carbocycles. The third-order valence-corrected chi connectivity index (χ3v) is 6.44. The van der Waals surface area contributed by atoms with Crippen LogP contribution in [-0.4, -0.2) is 51.8 Å². The second-order valence-corrected chi connectivity index (χ2v) is 8.51. The maximum Gasteiger partial charge on any atom is 0.254 e. The fourth-order valence-corrected chi connectivity index (χ4v) is 4.70. The Morgan fingerprint density at radius 2 is 1.81 bits per heavy atom. The van der Waals surface area contributed by atoms with Gasteiger partial charge >= 0.3 is 0 Å². The predicted octanol–water partition coefficient (Wildman–Crippen LogP) is 2.52. The van der Waals surface area contributed by atoms with E-state index in [4.69, 9.17) is 4.74 Å². The van der Waals surface area contributed by atoms with Gasteiger partial charge in [-0.05, 0) is 36.2 Å². The molecule has 3 rings (SSSR count).